The van der Waals surface area contributed by atoms with E-state index in [4.69, 9.17) is 0 Å². The molecule has 0 saturated heterocycles. The van der Waals surface area contributed by atoms with Crippen LogP contribution < -0.4 is 5.32 Å². The number of allylic oxidation sites excluding steroid dienone is 1. The van der Waals surface area contributed by atoms with Crippen molar-refractivity contribution < 1.29 is 9.59 Å². The van der Waals surface area contributed by atoms with Gasteiger partial charge in [-0.25, -0.2) is 0 Å². The highest BCUT2D eigenvalue weighted by Gasteiger charge is 2.21. The number of rotatable bonds is 5. The van der Waals surface area contributed by atoms with Gasteiger partial charge in [0.2, 0.25) is 5.91 Å². The SMILES string of the molecule is CSc1ccc(/C=C/C(=O)c2cccc(NC(=O)C(C)(C)C)c2)cc1. The summed E-state index contributed by atoms with van der Waals surface area (Å²) in [6.45, 7) is 5.55. The third kappa shape index (κ3) is 5.61. The van der Waals surface area contributed by atoms with E-state index in [1.807, 2.05) is 51.3 Å². The van der Waals surface area contributed by atoms with Crippen molar-refractivity contribution in [3.8, 4) is 0 Å². The van der Waals surface area contributed by atoms with Crippen molar-refractivity contribution in [2.75, 3.05) is 11.6 Å². The molecule has 4 heteroatoms. The second-order valence-electron chi connectivity index (χ2n) is 6.76. The van der Waals surface area contributed by atoms with E-state index in [1.54, 1.807) is 48.2 Å². The number of hydrogen-bond donors (Lipinski definition) is 1. The summed E-state index contributed by atoms with van der Waals surface area (Å²) in [5.41, 5.74) is 1.67. The molecule has 0 heterocycles. The van der Waals surface area contributed by atoms with Gasteiger partial charge in [0.25, 0.3) is 0 Å². The predicted octanol–water partition coefficient (Wildman–Crippen LogP) is 5.29. The Hall–Kier alpha value is -2.33. The summed E-state index contributed by atoms with van der Waals surface area (Å²) in [4.78, 5) is 25.6. The first-order chi connectivity index (χ1) is 11.8. The van der Waals surface area contributed by atoms with E-state index < -0.39 is 5.41 Å². The Labute approximate surface area is 153 Å². The molecule has 2 rings (SSSR count). The van der Waals surface area contributed by atoms with Gasteiger partial charge in [0, 0.05) is 21.6 Å². The van der Waals surface area contributed by atoms with Gasteiger partial charge in [-0.05, 0) is 42.2 Å². The van der Waals surface area contributed by atoms with Crippen LogP contribution in [0.25, 0.3) is 6.08 Å². The van der Waals surface area contributed by atoms with Gasteiger partial charge in [-0.2, -0.15) is 0 Å². The number of carbonyl (C=O) groups excluding carboxylic acids is 2. The molecular weight excluding hydrogens is 330 g/mol. The van der Waals surface area contributed by atoms with E-state index in [-0.39, 0.29) is 11.7 Å². The highest BCUT2D eigenvalue weighted by Crippen LogP contribution is 2.19. The molecule has 0 spiro atoms. The lowest BCUT2D eigenvalue weighted by molar-refractivity contribution is -0.123. The Balaban J connectivity index is 2.10. The molecule has 0 aliphatic heterocycles. The fourth-order valence-electron chi connectivity index (χ4n) is 2.05. The van der Waals surface area contributed by atoms with Crippen molar-refractivity contribution in [1.82, 2.24) is 0 Å². The molecule has 0 aliphatic rings. The summed E-state index contributed by atoms with van der Waals surface area (Å²) in [7, 11) is 0. The second-order valence-corrected chi connectivity index (χ2v) is 7.64. The van der Waals surface area contributed by atoms with E-state index >= 15 is 0 Å². The maximum atomic E-state index is 12.4. The predicted molar refractivity (Wildman–Crippen MR) is 106 cm³/mol. The minimum atomic E-state index is -0.483. The van der Waals surface area contributed by atoms with Gasteiger partial charge < -0.3 is 5.32 Å². The van der Waals surface area contributed by atoms with Crippen molar-refractivity contribution in [2.24, 2.45) is 5.41 Å². The van der Waals surface area contributed by atoms with Crippen LogP contribution >= 0.6 is 11.8 Å². The number of anilines is 1. The van der Waals surface area contributed by atoms with Gasteiger partial charge in [0.05, 0.1) is 0 Å². The number of nitrogens with one attached hydrogen (secondary N) is 1. The molecule has 0 saturated carbocycles. The molecule has 0 aromatic heterocycles. The Morgan fingerprint density at radius 1 is 1.04 bits per heavy atom. The van der Waals surface area contributed by atoms with Crippen LogP contribution in [-0.4, -0.2) is 17.9 Å². The van der Waals surface area contributed by atoms with E-state index in [0.29, 0.717) is 11.3 Å². The molecule has 1 N–H and O–H groups in total. The summed E-state index contributed by atoms with van der Waals surface area (Å²) in [5, 5.41) is 2.85. The Morgan fingerprint density at radius 3 is 2.32 bits per heavy atom. The Kier molecular flexibility index (Phi) is 6.21. The first kappa shape index (κ1) is 19.0. The van der Waals surface area contributed by atoms with E-state index in [1.165, 1.54) is 4.90 Å². The van der Waals surface area contributed by atoms with Gasteiger partial charge in [-0.1, -0.05) is 51.1 Å². The Morgan fingerprint density at radius 2 is 1.72 bits per heavy atom. The van der Waals surface area contributed by atoms with Gasteiger partial charge in [0.1, 0.15) is 0 Å². The highest BCUT2D eigenvalue weighted by molar-refractivity contribution is 7.98. The normalized spacial score (nSPS) is 11.5. The average Bonchev–Trinajstić information content (AvgIpc) is 2.59. The Bertz CT molecular complexity index is 786. The van der Waals surface area contributed by atoms with Crippen molar-refractivity contribution in [2.45, 2.75) is 25.7 Å². The molecule has 2 aromatic rings. The van der Waals surface area contributed by atoms with Gasteiger partial charge >= 0.3 is 0 Å². The van der Waals surface area contributed by atoms with Crippen molar-refractivity contribution in [3.63, 3.8) is 0 Å². The summed E-state index contributed by atoms with van der Waals surface area (Å²) in [6, 6.07) is 15.0. The van der Waals surface area contributed by atoms with E-state index in [2.05, 4.69) is 5.32 Å². The van der Waals surface area contributed by atoms with Crippen LogP contribution in [0.2, 0.25) is 0 Å². The first-order valence-corrected chi connectivity index (χ1v) is 9.30. The summed E-state index contributed by atoms with van der Waals surface area (Å²) < 4.78 is 0. The van der Waals surface area contributed by atoms with Gasteiger partial charge in [0.15, 0.2) is 5.78 Å². The zero-order valence-electron chi connectivity index (χ0n) is 15.0. The topological polar surface area (TPSA) is 46.2 Å². The molecule has 130 valence electrons. The van der Waals surface area contributed by atoms with Crippen LogP contribution in [0.15, 0.2) is 59.5 Å². The lowest BCUT2D eigenvalue weighted by Crippen LogP contribution is -2.27. The number of carbonyl (C=O) groups is 2. The lowest BCUT2D eigenvalue weighted by Gasteiger charge is -2.17. The molecule has 0 bridgehead atoms. The van der Waals surface area contributed by atoms with Gasteiger partial charge in [-0.15, -0.1) is 11.8 Å². The maximum Gasteiger partial charge on any atom is 0.229 e. The second kappa shape index (κ2) is 8.17. The quantitative estimate of drug-likeness (QED) is 0.451. The number of hydrogen-bond acceptors (Lipinski definition) is 3. The van der Waals surface area contributed by atoms with Crippen LogP contribution in [-0.2, 0) is 4.79 Å². The van der Waals surface area contributed by atoms with Gasteiger partial charge in [-0.3, -0.25) is 9.59 Å². The highest BCUT2D eigenvalue weighted by atomic mass is 32.2. The summed E-state index contributed by atoms with van der Waals surface area (Å²) in [5.74, 6) is -0.178. The van der Waals surface area contributed by atoms with E-state index in [0.717, 1.165) is 5.56 Å². The summed E-state index contributed by atoms with van der Waals surface area (Å²) >= 11 is 1.68. The lowest BCUT2D eigenvalue weighted by atomic mass is 9.95. The fraction of sp³-hybridized carbons (Fsp3) is 0.238. The molecule has 0 fully saturated rings. The zero-order chi connectivity index (χ0) is 18.4. The average molecular weight is 353 g/mol. The van der Waals surface area contributed by atoms with E-state index in [9.17, 15) is 9.59 Å². The molecule has 0 aliphatic carbocycles. The summed E-state index contributed by atoms with van der Waals surface area (Å²) in [6.07, 6.45) is 5.38. The minimum Gasteiger partial charge on any atom is -0.326 e. The standard InChI is InChI=1S/C21H23NO2S/c1-21(2,3)20(24)22-17-7-5-6-16(14-17)19(23)13-10-15-8-11-18(25-4)12-9-15/h5-14H,1-4H3,(H,22,24)/b13-10+. The monoisotopic (exact) mass is 353 g/mol. The zero-order valence-corrected chi connectivity index (χ0v) is 15.8. The molecule has 0 atom stereocenters. The fourth-order valence-corrected chi connectivity index (χ4v) is 2.46. The molecule has 25 heavy (non-hydrogen) atoms. The van der Waals surface area contributed by atoms with Crippen LogP contribution in [0.5, 0.6) is 0 Å². The largest absolute Gasteiger partial charge is 0.326 e. The number of amides is 1. The minimum absolute atomic E-state index is 0.0819. The third-order valence-corrected chi connectivity index (χ3v) is 4.37. The van der Waals surface area contributed by atoms with Crippen LogP contribution in [0.3, 0.4) is 0 Å². The number of benzene rings is 2. The van der Waals surface area contributed by atoms with Crippen LogP contribution in [0.4, 0.5) is 5.69 Å². The number of ketones is 1. The van der Waals surface area contributed by atoms with Crippen molar-refractivity contribution in [3.05, 3.63) is 65.7 Å². The maximum absolute atomic E-state index is 12.4. The van der Waals surface area contributed by atoms with Crippen LogP contribution in [0.1, 0.15) is 36.7 Å². The molecular formula is C21H23NO2S. The molecule has 3 nitrogen and oxygen atoms in total. The third-order valence-electron chi connectivity index (χ3n) is 3.63. The number of thioether (sulfide) groups is 1. The van der Waals surface area contributed by atoms with Crippen molar-refractivity contribution in [1.29, 1.82) is 0 Å². The first-order valence-electron chi connectivity index (χ1n) is 8.07. The molecule has 0 unspecified atom stereocenters. The van der Waals surface area contributed by atoms with Crippen molar-refractivity contribution >= 4 is 35.2 Å². The smallest absolute Gasteiger partial charge is 0.229 e. The molecule has 2 aromatic carbocycles. The molecule has 0 radical (unpaired) electrons. The molecule has 1 amide bonds. The van der Waals surface area contributed by atoms with Crippen LogP contribution in [0, 0.1) is 5.41 Å².